The van der Waals surface area contributed by atoms with Crippen molar-refractivity contribution in [2.75, 3.05) is 0 Å². The molecule has 8 heteroatoms. The Balaban J connectivity index is 5.65. The Morgan fingerprint density at radius 1 is 0.686 bits per heavy atom. The Labute approximate surface area is 213 Å². The minimum absolute atomic E-state index is 0.117. The summed E-state index contributed by atoms with van der Waals surface area (Å²) >= 11 is 0. The van der Waals surface area contributed by atoms with E-state index in [1.54, 1.807) is 0 Å². The van der Waals surface area contributed by atoms with Crippen LogP contribution >= 0.6 is 0 Å². The number of carbonyl (C=O) groups is 2. The van der Waals surface area contributed by atoms with E-state index in [0.717, 1.165) is 70.3 Å². The second-order valence-electron chi connectivity index (χ2n) is 9.94. The van der Waals surface area contributed by atoms with Crippen molar-refractivity contribution in [1.29, 1.82) is 0 Å². The average Bonchev–Trinajstić information content (AvgIpc) is 2.78. The van der Waals surface area contributed by atoms with Crippen LogP contribution in [0.15, 0.2) is 12.7 Å². The van der Waals surface area contributed by atoms with E-state index in [9.17, 15) is 32.8 Å². The molecule has 0 aromatic heterocycles. The van der Waals surface area contributed by atoms with Gasteiger partial charge in [-0.25, -0.2) is 0 Å². The van der Waals surface area contributed by atoms with Crippen LogP contribution in [0.5, 0.6) is 0 Å². The third kappa shape index (κ3) is 10.2. The molecule has 0 saturated carbocycles. The van der Waals surface area contributed by atoms with E-state index in [1.165, 1.54) is 12.8 Å². The molecule has 0 spiro atoms. The third-order valence-electron chi connectivity index (χ3n) is 7.31. The van der Waals surface area contributed by atoms with Gasteiger partial charge < -0.3 is 10.2 Å². The van der Waals surface area contributed by atoms with E-state index in [2.05, 4.69) is 20.4 Å². The molecule has 0 amide bonds. The highest BCUT2D eigenvalue weighted by atomic mass is 32.2. The van der Waals surface area contributed by atoms with Crippen molar-refractivity contribution in [1.82, 2.24) is 0 Å². The molecule has 0 aliphatic rings. The molecule has 3 N–H and O–H groups in total. The van der Waals surface area contributed by atoms with E-state index in [-0.39, 0.29) is 12.8 Å². The second kappa shape index (κ2) is 17.9. The minimum atomic E-state index is -5.26. The average molecular weight is 519 g/mol. The van der Waals surface area contributed by atoms with Gasteiger partial charge in [-0.2, -0.15) is 8.42 Å². The number of rotatable bonds is 24. The summed E-state index contributed by atoms with van der Waals surface area (Å²) in [5, 5.41) is 20.4. The van der Waals surface area contributed by atoms with Gasteiger partial charge in [0.25, 0.3) is 10.1 Å². The van der Waals surface area contributed by atoms with Crippen LogP contribution in [0.25, 0.3) is 0 Å². The lowest BCUT2D eigenvalue weighted by Gasteiger charge is -2.42. The zero-order valence-corrected chi connectivity index (χ0v) is 22.9. The summed E-state index contributed by atoms with van der Waals surface area (Å²) in [7, 11) is -5.26. The number of unbranched alkanes of at least 4 members (excludes halogenated alkanes) is 14. The van der Waals surface area contributed by atoms with Gasteiger partial charge in [0.15, 0.2) is 0 Å². The molecule has 1 unspecified atom stereocenters. The summed E-state index contributed by atoms with van der Waals surface area (Å²) in [6.45, 7) is 7.76. The van der Waals surface area contributed by atoms with Crippen LogP contribution in [0.4, 0.5) is 0 Å². The number of allylic oxidation sites excluding steroid dienone is 1. The van der Waals surface area contributed by atoms with Gasteiger partial charge >= 0.3 is 11.9 Å². The molecule has 0 rings (SSSR count). The van der Waals surface area contributed by atoms with Crippen molar-refractivity contribution in [3.05, 3.63) is 12.7 Å². The van der Waals surface area contributed by atoms with Crippen molar-refractivity contribution in [3.63, 3.8) is 0 Å². The maximum absolute atomic E-state index is 12.7. The van der Waals surface area contributed by atoms with Crippen LogP contribution in [0.3, 0.4) is 0 Å². The van der Waals surface area contributed by atoms with E-state index >= 15 is 0 Å². The molecule has 0 aromatic carbocycles. The first-order chi connectivity index (χ1) is 16.6. The van der Waals surface area contributed by atoms with Crippen LogP contribution in [0.2, 0.25) is 0 Å². The fourth-order valence-electron chi connectivity index (χ4n) is 5.19. The number of hydrogen-bond donors (Lipinski definition) is 3. The van der Waals surface area contributed by atoms with Crippen molar-refractivity contribution in [2.45, 2.75) is 141 Å². The topological polar surface area (TPSA) is 129 Å². The highest BCUT2D eigenvalue weighted by molar-refractivity contribution is 7.88. The normalized spacial score (nSPS) is 13.9. The molecular formula is C27H50O7S. The molecule has 206 valence electrons. The highest BCUT2D eigenvalue weighted by Gasteiger charge is 2.67. The molecule has 0 fully saturated rings. The van der Waals surface area contributed by atoms with Crippen molar-refractivity contribution in [3.8, 4) is 0 Å². The summed E-state index contributed by atoms with van der Waals surface area (Å²) in [6.07, 6.45) is 15.3. The van der Waals surface area contributed by atoms with Gasteiger partial charge in [0.1, 0.15) is 5.41 Å². The first-order valence-corrected chi connectivity index (χ1v) is 15.1. The third-order valence-corrected chi connectivity index (χ3v) is 8.93. The monoisotopic (exact) mass is 518 g/mol. The summed E-state index contributed by atoms with van der Waals surface area (Å²) in [4.78, 5) is 25.1. The Hall–Kier alpha value is -1.41. The van der Waals surface area contributed by atoms with Crippen molar-refractivity contribution in [2.24, 2.45) is 5.41 Å². The van der Waals surface area contributed by atoms with Gasteiger partial charge in [0.2, 0.25) is 4.75 Å². The smallest absolute Gasteiger partial charge is 0.329 e. The molecule has 0 aliphatic heterocycles. The van der Waals surface area contributed by atoms with E-state index in [4.69, 9.17) is 0 Å². The standard InChI is InChI=1S/C27H50O7S/c1-4-7-9-11-13-15-17-19-22-26(24(28)29,23-20-18-16-14-12-10-8-5-2)27(21-6-3,25(30)31)35(32,33)34/h6H,3-5,7-23H2,1-2H3,(H,28,29)(H,30,31)(H,32,33,34). The maximum atomic E-state index is 12.7. The number of hydrogen-bond acceptors (Lipinski definition) is 4. The summed E-state index contributed by atoms with van der Waals surface area (Å²) in [6, 6.07) is 0. The van der Waals surface area contributed by atoms with E-state index < -0.39 is 38.6 Å². The number of carboxylic acid groups (broad SMARTS) is 2. The molecule has 0 aliphatic carbocycles. The fraction of sp³-hybridized carbons (Fsp3) is 0.852. The zero-order chi connectivity index (χ0) is 26.8. The fourth-order valence-corrected chi connectivity index (χ4v) is 6.52. The Bertz CT molecular complexity index is 697. The Kier molecular flexibility index (Phi) is 17.2. The zero-order valence-electron chi connectivity index (χ0n) is 22.1. The quantitative estimate of drug-likeness (QED) is 0.0689. The van der Waals surface area contributed by atoms with Crippen LogP contribution in [-0.4, -0.2) is 39.9 Å². The van der Waals surface area contributed by atoms with Gasteiger partial charge in [-0.05, 0) is 19.3 Å². The van der Waals surface area contributed by atoms with Crippen LogP contribution in [0.1, 0.15) is 136 Å². The molecular weight excluding hydrogens is 468 g/mol. The largest absolute Gasteiger partial charge is 0.481 e. The van der Waals surface area contributed by atoms with Crippen molar-refractivity contribution < 1.29 is 32.8 Å². The van der Waals surface area contributed by atoms with E-state index in [0.29, 0.717) is 25.7 Å². The van der Waals surface area contributed by atoms with Crippen LogP contribution in [0, 0.1) is 5.41 Å². The molecule has 0 bridgehead atoms. The van der Waals surface area contributed by atoms with Gasteiger partial charge in [-0.3, -0.25) is 14.1 Å². The molecule has 0 radical (unpaired) electrons. The van der Waals surface area contributed by atoms with Crippen LogP contribution < -0.4 is 0 Å². The highest BCUT2D eigenvalue weighted by Crippen LogP contribution is 2.49. The maximum Gasteiger partial charge on any atom is 0.329 e. The molecule has 0 aromatic rings. The van der Waals surface area contributed by atoms with Gasteiger partial charge in [-0.15, -0.1) is 6.58 Å². The SMILES string of the molecule is C=CCC(C(=O)O)(C(CCCCCCCCCC)(CCCCCCCCCC)C(=O)O)S(=O)(=O)O. The minimum Gasteiger partial charge on any atom is -0.481 e. The first kappa shape index (κ1) is 33.6. The Morgan fingerprint density at radius 3 is 1.29 bits per heavy atom. The second-order valence-corrected chi connectivity index (χ2v) is 11.6. The number of carboxylic acids is 2. The molecule has 1 atom stereocenters. The van der Waals surface area contributed by atoms with Crippen molar-refractivity contribution >= 4 is 22.1 Å². The number of aliphatic carboxylic acids is 2. The summed E-state index contributed by atoms with van der Waals surface area (Å²) in [5.74, 6) is -3.31. The molecule has 0 saturated heterocycles. The summed E-state index contributed by atoms with van der Waals surface area (Å²) < 4.78 is 32.4. The predicted octanol–water partition coefficient (Wildman–Crippen LogP) is 7.41. The van der Waals surface area contributed by atoms with Gasteiger partial charge in [-0.1, -0.05) is 123 Å². The van der Waals surface area contributed by atoms with Crippen LogP contribution in [-0.2, 0) is 19.7 Å². The molecule has 0 heterocycles. The first-order valence-electron chi connectivity index (χ1n) is 13.6. The lowest BCUT2D eigenvalue weighted by Crippen LogP contribution is -2.62. The molecule has 7 nitrogen and oxygen atoms in total. The molecule has 35 heavy (non-hydrogen) atoms. The predicted molar refractivity (Wildman–Crippen MR) is 141 cm³/mol. The summed E-state index contributed by atoms with van der Waals surface area (Å²) in [5.41, 5.74) is -2.13. The van der Waals surface area contributed by atoms with E-state index in [1.807, 2.05) is 0 Å². The van der Waals surface area contributed by atoms with Gasteiger partial charge in [0.05, 0.1) is 0 Å². The lowest BCUT2D eigenvalue weighted by molar-refractivity contribution is -0.162. The Morgan fingerprint density at radius 2 is 1.03 bits per heavy atom. The lowest BCUT2D eigenvalue weighted by atomic mass is 9.66. The van der Waals surface area contributed by atoms with Gasteiger partial charge in [0, 0.05) is 0 Å².